The van der Waals surface area contributed by atoms with Crippen molar-refractivity contribution in [2.75, 3.05) is 11.9 Å². The third-order valence-corrected chi connectivity index (χ3v) is 5.28. The van der Waals surface area contributed by atoms with Crippen LogP contribution in [0.25, 0.3) is 10.2 Å². The summed E-state index contributed by atoms with van der Waals surface area (Å²) in [6, 6.07) is 6.80. The molecule has 0 fully saturated rings. The maximum absolute atomic E-state index is 12.4. The van der Waals surface area contributed by atoms with Crippen LogP contribution in [0.4, 0.5) is 5.13 Å². The lowest BCUT2D eigenvalue weighted by Gasteiger charge is -2.32. The number of rotatable bonds is 4. The second kappa shape index (κ2) is 6.46. The summed E-state index contributed by atoms with van der Waals surface area (Å²) in [6.07, 6.45) is 0. The normalized spacial score (nSPS) is 17.2. The molecule has 134 valence electrons. The zero-order valence-electron chi connectivity index (χ0n) is 13.9. The van der Waals surface area contributed by atoms with Crippen molar-refractivity contribution < 1.29 is 14.7 Å². The van der Waals surface area contributed by atoms with Crippen LogP contribution < -0.4 is 5.32 Å². The number of amides is 1. The maximum atomic E-state index is 12.4. The lowest BCUT2D eigenvalue weighted by Crippen LogP contribution is -2.50. The van der Waals surface area contributed by atoms with E-state index in [1.54, 1.807) is 16.4 Å². The van der Waals surface area contributed by atoms with Crippen molar-refractivity contribution >= 4 is 38.6 Å². The second-order valence-electron chi connectivity index (χ2n) is 6.07. The highest BCUT2D eigenvalue weighted by atomic mass is 32.1. The van der Waals surface area contributed by atoms with Crippen LogP contribution in [0.3, 0.4) is 0 Å². The van der Waals surface area contributed by atoms with Crippen molar-refractivity contribution in [3.63, 3.8) is 0 Å². The first-order chi connectivity index (χ1) is 12.5. The molecule has 4 rings (SSSR count). The van der Waals surface area contributed by atoms with Gasteiger partial charge in [-0.3, -0.25) is 14.5 Å². The molecule has 1 aliphatic heterocycles. The molecule has 1 aliphatic rings. The Kier molecular flexibility index (Phi) is 4.13. The molecule has 0 saturated heterocycles. The SMILES string of the molecule is Cc1nnc2n1CC(C(=O)O)N(CC(=O)Nc1nc3ccccc3s1)C2. The van der Waals surface area contributed by atoms with E-state index >= 15 is 0 Å². The number of hydrogen-bond donors (Lipinski definition) is 2. The molecule has 1 amide bonds. The minimum absolute atomic E-state index is 0.0567. The van der Waals surface area contributed by atoms with Gasteiger partial charge in [0.1, 0.15) is 17.7 Å². The molecular formula is C16H16N6O3S. The fourth-order valence-corrected chi connectivity index (χ4v) is 3.91. The summed E-state index contributed by atoms with van der Waals surface area (Å²) in [6.45, 7) is 2.20. The third kappa shape index (κ3) is 3.04. The molecule has 3 heterocycles. The smallest absolute Gasteiger partial charge is 0.322 e. The number of para-hydroxylation sites is 1. The number of anilines is 1. The quantitative estimate of drug-likeness (QED) is 0.705. The average molecular weight is 372 g/mol. The van der Waals surface area contributed by atoms with Gasteiger partial charge in [-0.25, -0.2) is 4.98 Å². The molecular weight excluding hydrogens is 356 g/mol. The number of carboxylic acid groups (broad SMARTS) is 1. The van der Waals surface area contributed by atoms with Crippen molar-refractivity contribution in [3.05, 3.63) is 35.9 Å². The van der Waals surface area contributed by atoms with Crippen molar-refractivity contribution in [1.29, 1.82) is 0 Å². The fourth-order valence-electron chi connectivity index (χ4n) is 3.03. The molecule has 3 aromatic rings. The zero-order chi connectivity index (χ0) is 18.3. The van der Waals surface area contributed by atoms with E-state index in [4.69, 9.17) is 0 Å². The average Bonchev–Trinajstić information content (AvgIpc) is 3.16. The number of carbonyl (C=O) groups excluding carboxylic acids is 1. The van der Waals surface area contributed by atoms with Crippen molar-refractivity contribution in [3.8, 4) is 0 Å². The Labute approximate surface area is 152 Å². The van der Waals surface area contributed by atoms with Gasteiger partial charge in [0.15, 0.2) is 5.13 Å². The second-order valence-corrected chi connectivity index (χ2v) is 7.10. The molecule has 9 nitrogen and oxygen atoms in total. The van der Waals surface area contributed by atoms with Crippen LogP contribution in [0.5, 0.6) is 0 Å². The number of hydrogen-bond acceptors (Lipinski definition) is 7. The summed E-state index contributed by atoms with van der Waals surface area (Å²) in [4.78, 5) is 30.0. The molecule has 0 radical (unpaired) electrons. The first-order valence-electron chi connectivity index (χ1n) is 8.02. The van der Waals surface area contributed by atoms with Crippen LogP contribution >= 0.6 is 11.3 Å². The number of aliphatic carboxylic acids is 1. The summed E-state index contributed by atoms with van der Waals surface area (Å²) in [5, 5.41) is 20.8. The van der Waals surface area contributed by atoms with Gasteiger partial charge in [-0.1, -0.05) is 23.5 Å². The number of aromatic nitrogens is 4. The van der Waals surface area contributed by atoms with Crippen molar-refractivity contribution in [2.45, 2.75) is 26.1 Å². The monoisotopic (exact) mass is 372 g/mol. The fraction of sp³-hybridized carbons (Fsp3) is 0.312. The Hall–Kier alpha value is -2.85. The maximum Gasteiger partial charge on any atom is 0.322 e. The highest BCUT2D eigenvalue weighted by molar-refractivity contribution is 7.22. The van der Waals surface area contributed by atoms with Gasteiger partial charge in [0.05, 0.1) is 29.9 Å². The molecule has 1 atom stereocenters. The highest BCUT2D eigenvalue weighted by Crippen LogP contribution is 2.25. The molecule has 0 aliphatic carbocycles. The molecule has 1 aromatic carbocycles. The van der Waals surface area contributed by atoms with Gasteiger partial charge in [-0.2, -0.15) is 0 Å². The highest BCUT2D eigenvalue weighted by Gasteiger charge is 2.34. The van der Waals surface area contributed by atoms with Crippen LogP contribution in [0.15, 0.2) is 24.3 Å². The summed E-state index contributed by atoms with van der Waals surface area (Å²) < 4.78 is 2.76. The van der Waals surface area contributed by atoms with Gasteiger partial charge < -0.3 is 15.0 Å². The van der Waals surface area contributed by atoms with Gasteiger partial charge in [0, 0.05) is 0 Å². The largest absolute Gasteiger partial charge is 0.480 e. The molecule has 26 heavy (non-hydrogen) atoms. The Bertz CT molecular complexity index is 964. The number of carbonyl (C=O) groups is 2. The van der Waals surface area contributed by atoms with E-state index in [0.717, 1.165) is 10.2 Å². The zero-order valence-corrected chi connectivity index (χ0v) is 14.7. The number of thiazole rings is 1. The Morgan fingerprint density at radius 3 is 2.92 bits per heavy atom. The molecule has 0 saturated carbocycles. The summed E-state index contributed by atoms with van der Waals surface area (Å²) >= 11 is 1.38. The molecule has 2 N–H and O–H groups in total. The van der Waals surface area contributed by atoms with E-state index in [-0.39, 0.29) is 25.5 Å². The van der Waals surface area contributed by atoms with E-state index in [1.165, 1.54) is 11.3 Å². The Morgan fingerprint density at radius 2 is 2.15 bits per heavy atom. The van der Waals surface area contributed by atoms with E-state index < -0.39 is 12.0 Å². The van der Waals surface area contributed by atoms with Crippen LogP contribution in [-0.2, 0) is 22.7 Å². The number of carboxylic acids is 1. The standard InChI is InChI=1S/C16H16N6O3S/c1-9-19-20-13-7-21(11(15(24)25)6-22(9)13)8-14(23)18-16-17-10-4-2-3-5-12(10)26-16/h2-5,11H,6-8H2,1H3,(H,24,25)(H,17,18,23). The van der Waals surface area contributed by atoms with E-state index in [2.05, 4.69) is 20.5 Å². The van der Waals surface area contributed by atoms with E-state index in [1.807, 2.05) is 24.3 Å². The number of benzene rings is 1. The summed E-state index contributed by atoms with van der Waals surface area (Å²) in [5.41, 5.74) is 0.817. The lowest BCUT2D eigenvalue weighted by molar-refractivity contribution is -0.145. The summed E-state index contributed by atoms with van der Waals surface area (Å²) in [7, 11) is 0. The van der Waals surface area contributed by atoms with E-state index in [9.17, 15) is 14.7 Å². The Morgan fingerprint density at radius 1 is 1.35 bits per heavy atom. The minimum Gasteiger partial charge on any atom is -0.480 e. The molecule has 2 aromatic heterocycles. The first kappa shape index (κ1) is 16.6. The minimum atomic E-state index is -0.975. The Balaban J connectivity index is 1.49. The molecule has 1 unspecified atom stereocenters. The van der Waals surface area contributed by atoms with Crippen LogP contribution in [0.1, 0.15) is 11.6 Å². The van der Waals surface area contributed by atoms with Gasteiger partial charge in [0.25, 0.3) is 0 Å². The number of fused-ring (bicyclic) bond motifs is 2. The van der Waals surface area contributed by atoms with Gasteiger partial charge in [-0.05, 0) is 19.1 Å². The van der Waals surface area contributed by atoms with Crippen LogP contribution in [0.2, 0.25) is 0 Å². The predicted molar refractivity (Wildman–Crippen MR) is 94.8 cm³/mol. The first-order valence-corrected chi connectivity index (χ1v) is 8.84. The van der Waals surface area contributed by atoms with Crippen molar-refractivity contribution in [2.24, 2.45) is 0 Å². The number of nitrogens with zero attached hydrogens (tertiary/aromatic N) is 5. The molecule has 0 spiro atoms. The molecule has 10 heteroatoms. The lowest BCUT2D eigenvalue weighted by atomic mass is 10.2. The topological polar surface area (TPSA) is 113 Å². The third-order valence-electron chi connectivity index (χ3n) is 4.33. The van der Waals surface area contributed by atoms with Crippen LogP contribution in [0, 0.1) is 6.92 Å². The number of nitrogens with one attached hydrogen (secondary N) is 1. The van der Waals surface area contributed by atoms with Crippen molar-refractivity contribution in [1.82, 2.24) is 24.6 Å². The number of aryl methyl sites for hydroxylation is 1. The van der Waals surface area contributed by atoms with Crippen LogP contribution in [-0.4, -0.2) is 54.2 Å². The predicted octanol–water partition coefficient (Wildman–Crippen LogP) is 1.10. The van der Waals surface area contributed by atoms with Gasteiger partial charge in [-0.15, -0.1) is 10.2 Å². The summed E-state index contributed by atoms with van der Waals surface area (Å²) in [5.74, 6) is 0.0501. The molecule has 0 bridgehead atoms. The van der Waals surface area contributed by atoms with Gasteiger partial charge in [0.2, 0.25) is 5.91 Å². The van der Waals surface area contributed by atoms with E-state index in [0.29, 0.717) is 16.8 Å². The van der Waals surface area contributed by atoms with Gasteiger partial charge >= 0.3 is 5.97 Å².